The molecule has 0 aromatic carbocycles. The topological polar surface area (TPSA) is 76.2 Å². The third-order valence-electron chi connectivity index (χ3n) is 1.90. The van der Waals surface area contributed by atoms with Crippen molar-refractivity contribution < 1.29 is 9.90 Å². The van der Waals surface area contributed by atoms with Crippen LogP contribution in [-0.4, -0.2) is 23.0 Å². The predicted octanol–water partition coefficient (Wildman–Crippen LogP) is 0.0603. The van der Waals surface area contributed by atoms with Crippen LogP contribution in [-0.2, 0) is 5.54 Å². The summed E-state index contributed by atoms with van der Waals surface area (Å²) in [6.45, 7) is 1.54. The Morgan fingerprint density at radius 1 is 1.69 bits per heavy atom. The molecule has 0 aliphatic carbocycles. The largest absolute Gasteiger partial charge is 0.394 e. The summed E-state index contributed by atoms with van der Waals surface area (Å²) in [6.07, 6.45) is 2.16. The number of carbonyl (C=O) groups excluding carboxylic acids is 1. The lowest BCUT2D eigenvalue weighted by molar-refractivity contribution is 0.111. The third-order valence-corrected chi connectivity index (χ3v) is 1.90. The number of aliphatic hydroxyl groups excluding tert-OH is 1. The minimum absolute atomic E-state index is 0.158. The molecule has 0 unspecified atom stereocenters. The molecule has 0 aliphatic heterocycles. The predicted molar refractivity (Wildman–Crippen MR) is 48.2 cm³/mol. The van der Waals surface area contributed by atoms with Crippen LogP contribution in [0.4, 0.5) is 0 Å². The second-order valence-corrected chi connectivity index (χ2v) is 3.17. The number of aliphatic hydroxyl groups is 1. The summed E-state index contributed by atoms with van der Waals surface area (Å²) in [5.41, 5.74) is 6.02. The molecule has 0 aliphatic rings. The molecule has 1 aromatic rings. The normalized spacial score (nSPS) is 15.0. The monoisotopic (exact) mass is 180 g/mol. The van der Waals surface area contributed by atoms with E-state index >= 15 is 0 Å². The van der Waals surface area contributed by atoms with Crippen LogP contribution in [0.15, 0.2) is 18.3 Å². The van der Waals surface area contributed by atoms with Crippen LogP contribution in [0, 0.1) is 0 Å². The summed E-state index contributed by atoms with van der Waals surface area (Å²) in [5.74, 6) is 0. The molecule has 4 heteroatoms. The zero-order valence-corrected chi connectivity index (χ0v) is 7.40. The van der Waals surface area contributed by atoms with Crippen LogP contribution in [0.1, 0.15) is 23.0 Å². The fraction of sp³-hybridized carbons (Fsp3) is 0.333. The first-order valence-electron chi connectivity index (χ1n) is 3.91. The van der Waals surface area contributed by atoms with E-state index in [9.17, 15) is 4.79 Å². The Balaban J connectivity index is 2.98. The van der Waals surface area contributed by atoms with Crippen molar-refractivity contribution in [3.8, 4) is 0 Å². The van der Waals surface area contributed by atoms with Gasteiger partial charge in [0.25, 0.3) is 0 Å². The Morgan fingerprint density at radius 2 is 2.38 bits per heavy atom. The van der Waals surface area contributed by atoms with Gasteiger partial charge >= 0.3 is 0 Å². The van der Waals surface area contributed by atoms with E-state index in [1.807, 2.05) is 0 Å². The van der Waals surface area contributed by atoms with Crippen molar-refractivity contribution in [2.45, 2.75) is 12.5 Å². The summed E-state index contributed by atoms with van der Waals surface area (Å²) in [7, 11) is 0. The average Bonchev–Trinajstić information content (AvgIpc) is 2.18. The highest BCUT2D eigenvalue weighted by atomic mass is 16.3. The van der Waals surface area contributed by atoms with E-state index in [0.29, 0.717) is 17.5 Å². The lowest BCUT2D eigenvalue weighted by atomic mass is 9.96. The van der Waals surface area contributed by atoms with Crippen molar-refractivity contribution in [2.24, 2.45) is 5.73 Å². The number of hydrogen-bond acceptors (Lipinski definition) is 4. The minimum Gasteiger partial charge on any atom is -0.394 e. The molecule has 0 amide bonds. The van der Waals surface area contributed by atoms with Gasteiger partial charge in [0, 0.05) is 6.20 Å². The molecule has 4 nitrogen and oxygen atoms in total. The molecule has 1 rings (SSSR count). The summed E-state index contributed by atoms with van der Waals surface area (Å²) >= 11 is 0. The zero-order chi connectivity index (χ0) is 9.90. The molecule has 1 atom stereocenters. The Kier molecular flexibility index (Phi) is 2.75. The van der Waals surface area contributed by atoms with E-state index < -0.39 is 5.54 Å². The first-order valence-corrected chi connectivity index (χ1v) is 3.91. The Labute approximate surface area is 76.4 Å². The van der Waals surface area contributed by atoms with Crippen molar-refractivity contribution in [2.75, 3.05) is 6.61 Å². The van der Waals surface area contributed by atoms with Crippen LogP contribution in [0.2, 0.25) is 0 Å². The molecule has 1 aromatic heterocycles. The van der Waals surface area contributed by atoms with E-state index in [1.165, 1.54) is 6.20 Å². The summed E-state index contributed by atoms with van der Waals surface area (Å²) < 4.78 is 0. The Hall–Kier alpha value is -1.26. The van der Waals surface area contributed by atoms with Gasteiger partial charge in [-0.1, -0.05) is 6.07 Å². The number of pyridine rings is 1. The first-order chi connectivity index (χ1) is 6.10. The van der Waals surface area contributed by atoms with Gasteiger partial charge in [0.2, 0.25) is 0 Å². The number of aromatic nitrogens is 1. The molecule has 13 heavy (non-hydrogen) atoms. The van der Waals surface area contributed by atoms with E-state index in [0.717, 1.165) is 0 Å². The first kappa shape index (κ1) is 9.83. The number of nitrogens with two attached hydrogens (primary N) is 1. The second-order valence-electron chi connectivity index (χ2n) is 3.17. The maximum atomic E-state index is 10.3. The van der Waals surface area contributed by atoms with Crippen LogP contribution >= 0.6 is 0 Å². The molecule has 0 saturated carbocycles. The maximum absolute atomic E-state index is 10.3. The van der Waals surface area contributed by atoms with E-state index in [1.54, 1.807) is 19.1 Å². The van der Waals surface area contributed by atoms with Gasteiger partial charge in [-0.3, -0.25) is 9.78 Å². The van der Waals surface area contributed by atoms with Crippen LogP contribution in [0.25, 0.3) is 0 Å². The Morgan fingerprint density at radius 3 is 2.77 bits per heavy atom. The summed E-state index contributed by atoms with van der Waals surface area (Å²) in [4.78, 5) is 14.1. The highest BCUT2D eigenvalue weighted by Crippen LogP contribution is 2.15. The van der Waals surface area contributed by atoms with Crippen molar-refractivity contribution in [1.82, 2.24) is 4.98 Å². The van der Waals surface area contributed by atoms with E-state index in [4.69, 9.17) is 10.8 Å². The number of nitrogens with zero attached hydrogens (tertiary/aromatic N) is 1. The molecular formula is C9H12N2O2. The molecule has 0 saturated heterocycles. The number of carbonyl (C=O) groups is 1. The highest BCUT2D eigenvalue weighted by Gasteiger charge is 2.19. The number of hydrogen-bond donors (Lipinski definition) is 2. The molecule has 3 N–H and O–H groups in total. The van der Waals surface area contributed by atoms with Crippen molar-refractivity contribution in [3.05, 3.63) is 29.6 Å². The maximum Gasteiger partial charge on any atom is 0.168 e. The van der Waals surface area contributed by atoms with Gasteiger partial charge in [0.05, 0.1) is 12.1 Å². The van der Waals surface area contributed by atoms with Crippen molar-refractivity contribution >= 4 is 6.29 Å². The molecule has 70 valence electrons. The van der Waals surface area contributed by atoms with Gasteiger partial charge in [-0.2, -0.15) is 0 Å². The van der Waals surface area contributed by atoms with Gasteiger partial charge < -0.3 is 10.8 Å². The lowest BCUT2D eigenvalue weighted by Crippen LogP contribution is -2.37. The highest BCUT2D eigenvalue weighted by molar-refractivity contribution is 5.71. The van der Waals surface area contributed by atoms with E-state index in [2.05, 4.69) is 4.98 Å². The summed E-state index contributed by atoms with van der Waals surface area (Å²) in [6, 6.07) is 3.26. The van der Waals surface area contributed by atoms with Gasteiger partial charge in [0.15, 0.2) is 6.29 Å². The van der Waals surface area contributed by atoms with Gasteiger partial charge in [-0.05, 0) is 18.6 Å². The zero-order valence-electron chi connectivity index (χ0n) is 7.40. The molecule has 0 fully saturated rings. The van der Waals surface area contributed by atoms with Crippen LogP contribution < -0.4 is 5.73 Å². The van der Waals surface area contributed by atoms with Crippen molar-refractivity contribution in [3.63, 3.8) is 0 Å². The van der Waals surface area contributed by atoms with Crippen LogP contribution in [0.3, 0.4) is 0 Å². The molecule has 0 bridgehead atoms. The minimum atomic E-state index is -0.797. The fourth-order valence-electron chi connectivity index (χ4n) is 0.904. The smallest absolute Gasteiger partial charge is 0.168 e. The molecule has 1 heterocycles. The number of aldehydes is 1. The molecule has 0 spiro atoms. The third kappa shape index (κ3) is 2.11. The SMILES string of the molecule is C[C@@](N)(CO)c1ccc(C=O)nc1. The quantitative estimate of drug-likeness (QED) is 0.645. The molecular weight excluding hydrogens is 168 g/mol. The van der Waals surface area contributed by atoms with E-state index in [-0.39, 0.29) is 6.61 Å². The lowest BCUT2D eigenvalue weighted by Gasteiger charge is -2.21. The van der Waals surface area contributed by atoms with Gasteiger partial charge in [0.1, 0.15) is 5.69 Å². The average molecular weight is 180 g/mol. The standard InChI is InChI=1S/C9H12N2O2/c1-9(10,6-13)7-2-3-8(5-12)11-4-7/h2-5,13H,6,10H2,1H3/t9-/m1/s1. The van der Waals surface area contributed by atoms with Gasteiger partial charge in [-0.25, -0.2) is 0 Å². The fourth-order valence-corrected chi connectivity index (χ4v) is 0.904. The van der Waals surface area contributed by atoms with Crippen molar-refractivity contribution in [1.29, 1.82) is 0 Å². The summed E-state index contributed by atoms with van der Waals surface area (Å²) in [5, 5.41) is 8.95. The number of rotatable bonds is 3. The Bertz CT molecular complexity index is 293. The van der Waals surface area contributed by atoms with Gasteiger partial charge in [-0.15, -0.1) is 0 Å². The molecule has 0 radical (unpaired) electrons. The second kappa shape index (κ2) is 3.64. The van der Waals surface area contributed by atoms with Crippen LogP contribution in [0.5, 0.6) is 0 Å².